The van der Waals surface area contributed by atoms with Crippen LogP contribution in [0.15, 0.2) is 71.6 Å². The van der Waals surface area contributed by atoms with Gasteiger partial charge < -0.3 is 21.1 Å². The van der Waals surface area contributed by atoms with Crippen LogP contribution in [0.4, 0.5) is 16.2 Å². The summed E-state index contributed by atoms with van der Waals surface area (Å²) in [5, 5.41) is 26.3. The molecule has 0 radical (unpaired) electrons. The fraction of sp³-hybridized carbons (Fsp3) is 0.417. The van der Waals surface area contributed by atoms with Crippen LogP contribution in [0, 0.1) is 28.9 Å². The Bertz CT molecular complexity index is 1910. The number of imide groups is 1. The van der Waals surface area contributed by atoms with Gasteiger partial charge in [0.25, 0.3) is 11.6 Å². The van der Waals surface area contributed by atoms with Crippen molar-refractivity contribution in [3.8, 4) is 0 Å². The highest BCUT2D eigenvalue weighted by Crippen LogP contribution is 2.27. The minimum absolute atomic E-state index is 0.0485. The van der Waals surface area contributed by atoms with E-state index in [0.717, 1.165) is 19.7 Å². The molecule has 3 atom stereocenters. The number of nitrogens with one attached hydrogen (secondary N) is 1. The predicted octanol–water partition coefficient (Wildman–Crippen LogP) is 4.36. The molecule has 52 heavy (non-hydrogen) atoms. The Labute approximate surface area is 308 Å². The van der Waals surface area contributed by atoms with E-state index in [2.05, 4.69) is 5.32 Å². The van der Waals surface area contributed by atoms with Crippen molar-refractivity contribution in [3.05, 3.63) is 98.6 Å². The second-order valence-electron chi connectivity index (χ2n) is 13.7. The zero-order chi connectivity index (χ0) is 38.5. The van der Waals surface area contributed by atoms with Gasteiger partial charge >= 0.3 is 6.03 Å². The van der Waals surface area contributed by atoms with Gasteiger partial charge in [-0.15, -0.1) is 0 Å². The number of carbonyl (C=O) groups is 3. The number of benzene rings is 3. The molecule has 16 heteroatoms. The molecule has 0 unspecified atom stereocenters. The lowest BCUT2D eigenvalue weighted by atomic mass is 9.97. The number of rotatable bonds is 16. The highest BCUT2D eigenvalue weighted by Gasteiger charge is 2.44. The van der Waals surface area contributed by atoms with Gasteiger partial charge in [-0.2, -0.15) is 4.31 Å². The Hall–Kier alpha value is -4.57. The van der Waals surface area contributed by atoms with E-state index >= 15 is 0 Å². The zero-order valence-electron chi connectivity index (χ0n) is 29.7. The first-order chi connectivity index (χ1) is 24.4. The molecule has 1 aliphatic rings. The summed E-state index contributed by atoms with van der Waals surface area (Å²) >= 11 is 6.04. The molecule has 280 valence electrons. The van der Waals surface area contributed by atoms with Crippen LogP contribution in [0.3, 0.4) is 0 Å². The molecule has 1 saturated heterocycles. The van der Waals surface area contributed by atoms with E-state index in [4.69, 9.17) is 17.3 Å². The van der Waals surface area contributed by atoms with Crippen molar-refractivity contribution in [1.82, 2.24) is 19.4 Å². The molecule has 0 saturated carbocycles. The lowest BCUT2D eigenvalue weighted by Crippen LogP contribution is -2.57. The highest BCUT2D eigenvalue weighted by molar-refractivity contribution is 7.89. The first-order valence-electron chi connectivity index (χ1n) is 16.8. The number of amides is 4. The minimum Gasteiger partial charge on any atom is -0.397 e. The molecule has 3 aromatic carbocycles. The van der Waals surface area contributed by atoms with Crippen LogP contribution >= 0.6 is 11.6 Å². The van der Waals surface area contributed by atoms with Gasteiger partial charge in [-0.3, -0.25) is 24.6 Å². The number of nitro benzene ring substituents is 1. The van der Waals surface area contributed by atoms with Crippen LogP contribution < -0.4 is 11.1 Å². The van der Waals surface area contributed by atoms with Gasteiger partial charge in [-0.1, -0.05) is 81.8 Å². The summed E-state index contributed by atoms with van der Waals surface area (Å²) in [5.74, 6) is -1.84. The van der Waals surface area contributed by atoms with E-state index in [1.165, 1.54) is 30.3 Å². The molecule has 3 aromatic rings. The number of anilines is 1. The molecular weight excluding hydrogens is 712 g/mol. The number of sulfonamides is 1. The largest absolute Gasteiger partial charge is 0.397 e. The SMILES string of the molecule is Cc1ccc(CN2C(=O)CN([C@H](C(=O)N[C@@H](Cc3ccccc3)[C@H](O)CN(CC(C)C)S(=O)(=O)c3ccc(Cl)c(N)c3)C(C)C)C2=O)cc1[N+](=O)[O-]. The quantitative estimate of drug-likeness (QED) is 0.0823. The van der Waals surface area contributed by atoms with E-state index in [0.29, 0.717) is 11.1 Å². The number of halogens is 1. The molecule has 4 amide bonds. The Morgan fingerprint density at radius 3 is 2.31 bits per heavy atom. The van der Waals surface area contributed by atoms with Crippen LogP contribution in [0.2, 0.25) is 5.02 Å². The normalized spacial score (nSPS) is 15.4. The van der Waals surface area contributed by atoms with E-state index in [1.54, 1.807) is 51.1 Å². The van der Waals surface area contributed by atoms with E-state index in [-0.39, 0.29) is 53.3 Å². The summed E-state index contributed by atoms with van der Waals surface area (Å²) in [6.07, 6.45) is -1.30. The maximum absolute atomic E-state index is 14.1. The second kappa shape index (κ2) is 16.8. The molecule has 0 aromatic heterocycles. The number of aliphatic hydroxyl groups is 1. The van der Waals surface area contributed by atoms with Crippen molar-refractivity contribution in [2.24, 2.45) is 11.8 Å². The Morgan fingerprint density at radius 2 is 1.71 bits per heavy atom. The topological polar surface area (TPSA) is 196 Å². The van der Waals surface area contributed by atoms with E-state index in [9.17, 15) is 38.0 Å². The third-order valence-corrected chi connectivity index (χ3v) is 11.0. The molecule has 4 rings (SSSR count). The molecule has 0 bridgehead atoms. The standard InChI is InChI=1S/C36H45ClN6O8S/c1-22(2)18-40(52(50,51)27-13-14-28(37)29(38)17-27)20-32(44)30(15-25-9-7-6-8-10-25)39-35(46)34(23(3)4)42-21-33(45)41(36(42)47)19-26-12-11-24(5)31(16-26)43(48)49/h6-14,16-17,22-23,30,32,34,44H,15,18-21,38H2,1-5H3,(H,39,46)/t30-,32+,34-/m0/s1. The smallest absolute Gasteiger partial charge is 0.328 e. The van der Waals surface area contributed by atoms with Crippen LogP contribution in [0.5, 0.6) is 0 Å². The first kappa shape index (κ1) is 40.2. The Morgan fingerprint density at radius 1 is 1.04 bits per heavy atom. The maximum Gasteiger partial charge on any atom is 0.328 e. The van der Waals surface area contributed by atoms with Crippen LogP contribution in [0.1, 0.15) is 44.4 Å². The summed E-state index contributed by atoms with van der Waals surface area (Å²) in [6.45, 7) is 7.71. The number of nitrogen functional groups attached to an aromatic ring is 1. The molecule has 1 aliphatic heterocycles. The van der Waals surface area contributed by atoms with E-state index in [1.807, 2.05) is 19.9 Å². The molecule has 1 fully saturated rings. The number of carbonyl (C=O) groups excluding carboxylic acids is 3. The molecule has 0 aliphatic carbocycles. The van der Waals surface area contributed by atoms with Gasteiger partial charge in [0.15, 0.2) is 0 Å². The van der Waals surface area contributed by atoms with Gasteiger partial charge in [-0.25, -0.2) is 13.2 Å². The number of nitrogens with two attached hydrogens (primary N) is 1. The lowest BCUT2D eigenvalue weighted by Gasteiger charge is -2.34. The summed E-state index contributed by atoms with van der Waals surface area (Å²) in [4.78, 5) is 53.9. The Kier molecular flexibility index (Phi) is 13.0. The molecule has 4 N–H and O–H groups in total. The van der Waals surface area contributed by atoms with Gasteiger partial charge in [0.05, 0.1) is 39.2 Å². The number of nitro groups is 1. The zero-order valence-corrected chi connectivity index (χ0v) is 31.3. The highest BCUT2D eigenvalue weighted by atomic mass is 35.5. The van der Waals surface area contributed by atoms with Crippen LogP contribution in [-0.4, -0.2) is 88.2 Å². The van der Waals surface area contributed by atoms with Gasteiger partial charge in [0.1, 0.15) is 12.6 Å². The second-order valence-corrected chi connectivity index (χ2v) is 16.1. The fourth-order valence-corrected chi connectivity index (χ4v) is 7.91. The van der Waals surface area contributed by atoms with Crippen LogP contribution in [0.25, 0.3) is 0 Å². The van der Waals surface area contributed by atoms with Crippen molar-refractivity contribution in [2.45, 2.75) is 70.7 Å². The van der Waals surface area contributed by atoms with E-state index < -0.39 is 63.4 Å². The summed E-state index contributed by atoms with van der Waals surface area (Å²) in [5.41, 5.74) is 7.40. The summed E-state index contributed by atoms with van der Waals surface area (Å²) < 4.78 is 28.9. The first-order valence-corrected chi connectivity index (χ1v) is 18.6. The lowest BCUT2D eigenvalue weighted by molar-refractivity contribution is -0.385. The van der Waals surface area contributed by atoms with Crippen molar-refractivity contribution < 1.29 is 32.8 Å². The average molecular weight is 757 g/mol. The van der Waals surface area contributed by atoms with Crippen molar-refractivity contribution in [3.63, 3.8) is 0 Å². The monoisotopic (exact) mass is 756 g/mol. The molecule has 0 spiro atoms. The number of aliphatic hydroxyl groups excluding tert-OH is 1. The number of aryl methyl sites for hydroxylation is 1. The number of hydrogen-bond donors (Lipinski definition) is 3. The molecule has 14 nitrogen and oxygen atoms in total. The van der Waals surface area contributed by atoms with Crippen molar-refractivity contribution in [1.29, 1.82) is 0 Å². The maximum atomic E-state index is 14.1. The van der Waals surface area contributed by atoms with Gasteiger partial charge in [-0.05, 0) is 54.5 Å². The van der Waals surface area contributed by atoms with Crippen molar-refractivity contribution >= 4 is 50.8 Å². The number of nitrogens with zero attached hydrogens (tertiary/aromatic N) is 4. The third kappa shape index (κ3) is 9.45. The van der Waals surface area contributed by atoms with Gasteiger partial charge in [0, 0.05) is 24.7 Å². The fourth-order valence-electron chi connectivity index (χ4n) is 6.14. The van der Waals surface area contributed by atoms with Crippen molar-refractivity contribution in [2.75, 3.05) is 25.4 Å². The minimum atomic E-state index is -4.17. The molecule has 1 heterocycles. The average Bonchev–Trinajstić information content (AvgIpc) is 3.33. The van der Waals surface area contributed by atoms with Crippen LogP contribution in [-0.2, 0) is 32.6 Å². The predicted molar refractivity (Wildman–Crippen MR) is 197 cm³/mol. The Balaban J connectivity index is 1.60. The summed E-state index contributed by atoms with van der Waals surface area (Å²) in [6, 6.07) is 14.5. The van der Waals surface area contributed by atoms with Gasteiger partial charge in [0.2, 0.25) is 15.9 Å². The number of hydrogen-bond acceptors (Lipinski definition) is 9. The molecular formula is C36H45ClN6O8S. The third-order valence-electron chi connectivity index (χ3n) is 8.79. The number of urea groups is 1. The summed E-state index contributed by atoms with van der Waals surface area (Å²) in [7, 11) is -4.17.